The van der Waals surface area contributed by atoms with Crippen molar-refractivity contribution < 1.29 is 18.4 Å². The van der Waals surface area contributed by atoms with Gasteiger partial charge in [0.05, 0.1) is 0 Å². The minimum Gasteiger partial charge on any atom is -0.368 e. The van der Waals surface area contributed by atoms with E-state index >= 15 is 0 Å². The largest absolute Gasteiger partial charge is 0.368 e. The average Bonchev–Trinajstić information content (AvgIpc) is 2.71. The summed E-state index contributed by atoms with van der Waals surface area (Å²) in [4.78, 5) is 28.4. The minimum absolute atomic E-state index is 0.0446. The molecular weight excluding hydrogens is 382 g/mol. The maximum absolute atomic E-state index is 13.2. The molecule has 0 aromatic heterocycles. The number of hydrogen-bond acceptors (Lipinski definition) is 4. The molecule has 1 aliphatic rings. The first kappa shape index (κ1) is 20.3. The Hall–Kier alpha value is -2.41. The van der Waals surface area contributed by atoms with Gasteiger partial charge >= 0.3 is 0 Å². The SMILES string of the molecule is CC(=O)c1ccc(N2CCN(C(=O)CCSc3ccc(F)c(F)c3)CC2)cc1. The smallest absolute Gasteiger partial charge is 0.223 e. The number of piperazine rings is 1. The average molecular weight is 404 g/mol. The summed E-state index contributed by atoms with van der Waals surface area (Å²) in [5.74, 6) is -1.10. The number of amides is 1. The lowest BCUT2D eigenvalue weighted by Gasteiger charge is -2.36. The monoisotopic (exact) mass is 404 g/mol. The number of benzene rings is 2. The fourth-order valence-electron chi connectivity index (χ4n) is 3.10. The van der Waals surface area contributed by atoms with E-state index in [1.54, 1.807) is 6.92 Å². The molecule has 0 saturated carbocycles. The molecule has 4 nitrogen and oxygen atoms in total. The van der Waals surface area contributed by atoms with Crippen molar-refractivity contribution in [2.24, 2.45) is 0 Å². The van der Waals surface area contributed by atoms with Crippen LogP contribution >= 0.6 is 11.8 Å². The molecule has 1 amide bonds. The quantitative estimate of drug-likeness (QED) is 0.539. The molecule has 0 radical (unpaired) electrons. The highest BCUT2D eigenvalue weighted by Gasteiger charge is 2.21. The lowest BCUT2D eigenvalue weighted by Crippen LogP contribution is -2.48. The number of Topliss-reactive ketones (excluding diaryl/α,β-unsaturated/α-hetero) is 1. The number of ketones is 1. The number of anilines is 1. The fraction of sp³-hybridized carbons (Fsp3) is 0.333. The van der Waals surface area contributed by atoms with E-state index in [9.17, 15) is 18.4 Å². The van der Waals surface area contributed by atoms with Crippen molar-refractivity contribution in [2.45, 2.75) is 18.2 Å². The van der Waals surface area contributed by atoms with Gasteiger partial charge in [0, 0.05) is 54.5 Å². The van der Waals surface area contributed by atoms with E-state index < -0.39 is 11.6 Å². The Morgan fingerprint density at radius 2 is 1.64 bits per heavy atom. The second-order valence-electron chi connectivity index (χ2n) is 6.65. The molecule has 1 fully saturated rings. The van der Waals surface area contributed by atoms with Crippen molar-refractivity contribution in [3.8, 4) is 0 Å². The molecule has 0 unspecified atom stereocenters. The Bertz CT molecular complexity index is 850. The summed E-state index contributed by atoms with van der Waals surface area (Å²) in [6.45, 7) is 4.31. The second kappa shape index (κ2) is 9.19. The number of carbonyl (C=O) groups is 2. The van der Waals surface area contributed by atoms with Crippen molar-refractivity contribution in [2.75, 3.05) is 36.8 Å². The predicted octanol–water partition coefficient (Wildman–Crippen LogP) is 4.00. The molecule has 2 aromatic carbocycles. The fourth-order valence-corrected chi connectivity index (χ4v) is 3.97. The summed E-state index contributed by atoms with van der Waals surface area (Å²) in [5.41, 5.74) is 1.74. The van der Waals surface area contributed by atoms with Crippen molar-refractivity contribution in [3.05, 3.63) is 59.7 Å². The number of thioether (sulfide) groups is 1. The Balaban J connectivity index is 1.44. The highest BCUT2D eigenvalue weighted by molar-refractivity contribution is 7.99. The summed E-state index contributed by atoms with van der Waals surface area (Å²) in [5, 5.41) is 0. The molecule has 7 heteroatoms. The number of nitrogens with zero attached hydrogens (tertiary/aromatic N) is 2. The van der Waals surface area contributed by atoms with Crippen LogP contribution in [0.4, 0.5) is 14.5 Å². The highest BCUT2D eigenvalue weighted by Crippen LogP contribution is 2.22. The van der Waals surface area contributed by atoms with Gasteiger partial charge in [0.1, 0.15) is 0 Å². The molecule has 0 spiro atoms. The lowest BCUT2D eigenvalue weighted by atomic mass is 10.1. The molecule has 1 heterocycles. The zero-order chi connectivity index (χ0) is 20.1. The zero-order valence-electron chi connectivity index (χ0n) is 15.7. The van der Waals surface area contributed by atoms with Crippen LogP contribution in [0.5, 0.6) is 0 Å². The third-order valence-electron chi connectivity index (χ3n) is 4.75. The first-order valence-corrected chi connectivity index (χ1v) is 10.1. The molecule has 0 atom stereocenters. The summed E-state index contributed by atoms with van der Waals surface area (Å²) < 4.78 is 26.1. The van der Waals surface area contributed by atoms with Crippen LogP contribution in [0.15, 0.2) is 47.4 Å². The summed E-state index contributed by atoms with van der Waals surface area (Å²) >= 11 is 1.34. The molecule has 1 saturated heterocycles. The van der Waals surface area contributed by atoms with Crippen LogP contribution < -0.4 is 4.90 Å². The van der Waals surface area contributed by atoms with Gasteiger partial charge in [-0.15, -0.1) is 11.8 Å². The summed E-state index contributed by atoms with van der Waals surface area (Å²) in [7, 11) is 0. The summed E-state index contributed by atoms with van der Waals surface area (Å²) in [6, 6.07) is 11.3. The molecule has 1 aliphatic heterocycles. The van der Waals surface area contributed by atoms with Crippen LogP contribution in [0.3, 0.4) is 0 Å². The molecule has 0 bridgehead atoms. The van der Waals surface area contributed by atoms with E-state index in [1.807, 2.05) is 29.2 Å². The molecule has 2 aromatic rings. The highest BCUT2D eigenvalue weighted by atomic mass is 32.2. The summed E-state index contributed by atoms with van der Waals surface area (Å²) in [6.07, 6.45) is 0.358. The van der Waals surface area contributed by atoms with Gasteiger partial charge < -0.3 is 9.80 Å². The van der Waals surface area contributed by atoms with Gasteiger partial charge in [-0.1, -0.05) is 0 Å². The maximum Gasteiger partial charge on any atom is 0.223 e. The van der Waals surface area contributed by atoms with Crippen molar-refractivity contribution in [1.82, 2.24) is 4.90 Å². The number of halogens is 2. The van der Waals surface area contributed by atoms with E-state index in [-0.39, 0.29) is 11.7 Å². The molecular formula is C21H22F2N2O2S. The van der Waals surface area contributed by atoms with Crippen LogP contribution in [0.25, 0.3) is 0 Å². The van der Waals surface area contributed by atoms with Gasteiger partial charge in [-0.2, -0.15) is 0 Å². The van der Waals surface area contributed by atoms with Crippen LogP contribution in [0.2, 0.25) is 0 Å². The van der Waals surface area contributed by atoms with Gasteiger partial charge in [-0.25, -0.2) is 8.78 Å². The van der Waals surface area contributed by atoms with E-state index in [1.165, 1.54) is 17.8 Å². The van der Waals surface area contributed by atoms with Gasteiger partial charge in [0.2, 0.25) is 5.91 Å². The molecule has 0 N–H and O–H groups in total. The van der Waals surface area contributed by atoms with Gasteiger partial charge in [-0.3, -0.25) is 9.59 Å². The number of hydrogen-bond donors (Lipinski definition) is 0. The van der Waals surface area contributed by atoms with Crippen LogP contribution in [0.1, 0.15) is 23.7 Å². The third kappa shape index (κ3) is 5.10. The van der Waals surface area contributed by atoms with E-state index in [0.717, 1.165) is 30.9 Å². The van der Waals surface area contributed by atoms with E-state index in [0.29, 0.717) is 35.7 Å². The van der Waals surface area contributed by atoms with E-state index in [2.05, 4.69) is 4.90 Å². The Labute approximate surface area is 167 Å². The van der Waals surface area contributed by atoms with Crippen LogP contribution in [-0.2, 0) is 4.79 Å². The Morgan fingerprint density at radius 1 is 0.964 bits per heavy atom. The predicted molar refractivity (Wildman–Crippen MR) is 107 cm³/mol. The first-order valence-electron chi connectivity index (χ1n) is 9.15. The Kier molecular flexibility index (Phi) is 6.67. The third-order valence-corrected chi connectivity index (χ3v) is 5.74. The molecule has 148 valence electrons. The Morgan fingerprint density at radius 3 is 2.25 bits per heavy atom. The normalized spacial score (nSPS) is 14.2. The van der Waals surface area contributed by atoms with Gasteiger partial charge in [-0.05, 0) is 49.4 Å². The zero-order valence-corrected chi connectivity index (χ0v) is 16.5. The van der Waals surface area contributed by atoms with Crippen molar-refractivity contribution >= 4 is 29.1 Å². The van der Waals surface area contributed by atoms with E-state index in [4.69, 9.17) is 0 Å². The maximum atomic E-state index is 13.2. The number of carbonyl (C=O) groups excluding carboxylic acids is 2. The van der Waals surface area contributed by atoms with Crippen molar-refractivity contribution in [1.29, 1.82) is 0 Å². The first-order chi connectivity index (χ1) is 13.4. The topological polar surface area (TPSA) is 40.6 Å². The number of rotatable bonds is 6. The lowest BCUT2D eigenvalue weighted by molar-refractivity contribution is -0.131. The van der Waals surface area contributed by atoms with Crippen LogP contribution in [-0.4, -0.2) is 48.5 Å². The molecule has 3 rings (SSSR count). The van der Waals surface area contributed by atoms with Gasteiger partial charge in [0.25, 0.3) is 0 Å². The molecule has 28 heavy (non-hydrogen) atoms. The minimum atomic E-state index is -0.871. The molecule has 0 aliphatic carbocycles. The second-order valence-corrected chi connectivity index (χ2v) is 7.81. The van der Waals surface area contributed by atoms with Crippen LogP contribution in [0, 0.1) is 11.6 Å². The van der Waals surface area contributed by atoms with Gasteiger partial charge in [0.15, 0.2) is 17.4 Å². The standard InChI is InChI=1S/C21H22F2N2O2S/c1-15(26)16-2-4-17(5-3-16)24-9-11-25(12-10-24)21(27)8-13-28-18-6-7-19(22)20(23)14-18/h2-7,14H,8-13H2,1H3. The van der Waals surface area contributed by atoms with Crippen molar-refractivity contribution in [3.63, 3.8) is 0 Å².